The van der Waals surface area contributed by atoms with Crippen LogP contribution in [0.25, 0.3) is 66.7 Å². The van der Waals surface area contributed by atoms with Gasteiger partial charge in [-0.3, -0.25) is 0 Å². The number of rotatable bonds is 4. The number of aromatic nitrogens is 2. The second-order valence-electron chi connectivity index (χ2n) is 11.1. The molecule has 0 fully saturated rings. The van der Waals surface area contributed by atoms with Gasteiger partial charge in [0.1, 0.15) is 5.58 Å². The molecule has 3 nitrogen and oxygen atoms in total. The minimum absolute atomic E-state index is 0. The van der Waals surface area contributed by atoms with Crippen LogP contribution in [-0.2, 0) is 20.1 Å². The Bertz CT molecular complexity index is 2860. The van der Waals surface area contributed by atoms with Crippen molar-refractivity contribution >= 4 is 21.9 Å². The van der Waals surface area contributed by atoms with Gasteiger partial charge >= 0.3 is 0 Å². The molecular weight excluding hydrogens is 777 g/mol. The number of benzene rings is 5. The number of pyridine rings is 2. The van der Waals surface area contributed by atoms with Gasteiger partial charge in [-0.15, -0.1) is 53.6 Å². The Morgan fingerprint density at radius 1 is 0.571 bits per heavy atom. The van der Waals surface area contributed by atoms with Crippen molar-refractivity contribution in [3.05, 3.63) is 168 Å². The first-order valence-electron chi connectivity index (χ1n) is 22.5. The normalized spacial score (nSPS) is 16.6. The summed E-state index contributed by atoms with van der Waals surface area (Å²) < 4.78 is 122. The van der Waals surface area contributed by atoms with Gasteiger partial charge in [-0.25, -0.2) is 0 Å². The number of fused-ring (bicyclic) bond motifs is 3. The molecule has 8 aromatic rings. The maximum atomic E-state index is 8.16. The summed E-state index contributed by atoms with van der Waals surface area (Å²) in [4.78, 5) is 8.38. The largest absolute Gasteiger partial charge is 0.500 e. The average molecular weight is 828 g/mol. The molecule has 243 valence electrons. The SMILES string of the molecule is [2H]C([2H])([2H])c1c[c-]c(-c2ccc(C([2H])([2H])[2H])cn2)cc1.[2H]C([2H])([2H])c1cc(-c2cccc(-c3ccccc3)c2)c2oc3c(-c4cc(C([2H])([2H])[2H])c(C([2H])([2H])[2H])cn4)[c-]ccc3c2c1.[Ir]. The van der Waals surface area contributed by atoms with Gasteiger partial charge in [-0.05, 0) is 90.4 Å². The molecule has 3 aromatic heterocycles. The van der Waals surface area contributed by atoms with E-state index in [-0.39, 0.29) is 53.6 Å². The van der Waals surface area contributed by atoms with Gasteiger partial charge < -0.3 is 14.4 Å². The summed E-state index contributed by atoms with van der Waals surface area (Å²) in [6.07, 6.45) is 2.36. The van der Waals surface area contributed by atoms with Gasteiger partial charge in [-0.2, -0.15) is 0 Å². The van der Waals surface area contributed by atoms with Gasteiger partial charge in [0.25, 0.3) is 0 Å². The molecule has 0 aliphatic heterocycles. The fourth-order valence-corrected chi connectivity index (χ4v) is 5.47. The Labute approximate surface area is 323 Å². The van der Waals surface area contributed by atoms with Crippen LogP contribution >= 0.6 is 0 Å². The summed E-state index contributed by atoms with van der Waals surface area (Å²) in [7, 11) is 0. The zero-order chi connectivity index (χ0) is 45.7. The molecule has 3 heterocycles. The zero-order valence-electron chi connectivity index (χ0n) is 40.8. The molecule has 0 unspecified atom stereocenters. The summed E-state index contributed by atoms with van der Waals surface area (Å²) >= 11 is 0. The van der Waals surface area contributed by atoms with Crippen molar-refractivity contribution < 1.29 is 45.1 Å². The topological polar surface area (TPSA) is 38.9 Å². The molecule has 4 heteroatoms. The van der Waals surface area contributed by atoms with Crippen LogP contribution in [0.15, 0.2) is 132 Å². The van der Waals surface area contributed by atoms with E-state index in [1.54, 1.807) is 36.4 Å². The van der Waals surface area contributed by atoms with E-state index in [1.165, 1.54) is 30.5 Å². The predicted molar refractivity (Wildman–Crippen MR) is 199 cm³/mol. The molecule has 8 rings (SSSR count). The second kappa shape index (κ2) is 14.5. The first-order chi connectivity index (χ1) is 29.4. The second-order valence-corrected chi connectivity index (χ2v) is 11.1. The zero-order valence-corrected chi connectivity index (χ0v) is 28.2. The van der Waals surface area contributed by atoms with E-state index < -0.39 is 34.3 Å². The number of hydrogen-bond acceptors (Lipinski definition) is 3. The van der Waals surface area contributed by atoms with Crippen LogP contribution in [0.3, 0.4) is 0 Å². The molecule has 0 atom stereocenters. The van der Waals surface area contributed by atoms with Crippen molar-refractivity contribution in [2.75, 3.05) is 0 Å². The third-order valence-electron chi connectivity index (χ3n) is 7.83. The molecule has 0 N–H and O–H groups in total. The summed E-state index contributed by atoms with van der Waals surface area (Å²) in [5.41, 5.74) is 5.58. The number of hydrogen-bond donors (Lipinski definition) is 0. The Morgan fingerprint density at radius 2 is 1.37 bits per heavy atom. The smallest absolute Gasteiger partial charge is 0.128 e. The maximum absolute atomic E-state index is 8.16. The van der Waals surface area contributed by atoms with Crippen LogP contribution in [0.2, 0.25) is 0 Å². The summed E-state index contributed by atoms with van der Waals surface area (Å²) in [5.74, 6) is 0. The van der Waals surface area contributed by atoms with E-state index in [0.717, 1.165) is 22.9 Å². The Kier molecular flexibility index (Phi) is 5.86. The molecule has 0 spiro atoms. The molecule has 0 aliphatic carbocycles. The number of nitrogens with zero attached hydrogens (tertiary/aromatic N) is 2. The molecule has 0 saturated heterocycles. The molecule has 0 amide bonds. The third kappa shape index (κ3) is 7.17. The number of aryl methyl sites for hydroxylation is 5. The summed E-state index contributed by atoms with van der Waals surface area (Å²) in [6.45, 7) is -12.1. The third-order valence-corrected chi connectivity index (χ3v) is 7.83. The fourth-order valence-electron chi connectivity index (χ4n) is 5.47. The van der Waals surface area contributed by atoms with E-state index in [1.807, 2.05) is 54.6 Å². The molecule has 0 bridgehead atoms. The molecule has 0 saturated carbocycles. The molecule has 49 heavy (non-hydrogen) atoms. The van der Waals surface area contributed by atoms with Gasteiger partial charge in [0.2, 0.25) is 0 Å². The molecule has 0 aliphatic rings. The Morgan fingerprint density at radius 3 is 2.12 bits per heavy atom. The maximum Gasteiger partial charge on any atom is 0.128 e. The van der Waals surface area contributed by atoms with Crippen molar-refractivity contribution in [3.63, 3.8) is 0 Å². The summed E-state index contributed by atoms with van der Waals surface area (Å²) in [6, 6.07) is 38.9. The van der Waals surface area contributed by atoms with Crippen LogP contribution in [0.1, 0.15) is 48.4 Å². The van der Waals surface area contributed by atoms with Crippen LogP contribution in [0.4, 0.5) is 0 Å². The minimum Gasteiger partial charge on any atom is -0.500 e. The molecule has 1 radical (unpaired) electrons. The fraction of sp³-hybridized carbons (Fsp3) is 0.111. The van der Waals surface area contributed by atoms with Crippen molar-refractivity contribution in [2.45, 2.75) is 34.3 Å². The van der Waals surface area contributed by atoms with Crippen LogP contribution in [0, 0.1) is 46.4 Å². The van der Waals surface area contributed by atoms with E-state index in [0.29, 0.717) is 44.3 Å². The van der Waals surface area contributed by atoms with Gasteiger partial charge in [0, 0.05) is 64.0 Å². The summed E-state index contributed by atoms with van der Waals surface area (Å²) in [5, 5.41) is 1.15. The van der Waals surface area contributed by atoms with E-state index >= 15 is 0 Å². The van der Waals surface area contributed by atoms with Gasteiger partial charge in [0.15, 0.2) is 0 Å². The van der Waals surface area contributed by atoms with E-state index in [2.05, 4.69) is 22.1 Å². The van der Waals surface area contributed by atoms with Crippen LogP contribution in [0.5, 0.6) is 0 Å². The van der Waals surface area contributed by atoms with Crippen molar-refractivity contribution in [2.24, 2.45) is 0 Å². The minimum atomic E-state index is -2.70. The van der Waals surface area contributed by atoms with E-state index in [4.69, 9.17) is 25.0 Å². The average Bonchev–Trinajstić information content (AvgIpc) is 3.61. The quantitative estimate of drug-likeness (QED) is 0.166. The first kappa shape index (κ1) is 19.7. The predicted octanol–water partition coefficient (Wildman–Crippen LogP) is 11.9. The van der Waals surface area contributed by atoms with Crippen LogP contribution < -0.4 is 0 Å². The van der Waals surface area contributed by atoms with E-state index in [9.17, 15) is 0 Å². The molecule has 5 aromatic carbocycles. The van der Waals surface area contributed by atoms with Crippen molar-refractivity contribution in [3.8, 4) is 44.8 Å². The monoisotopic (exact) mass is 828 g/mol. The standard InChI is InChI=1S/C32H24NO.C13H12N.Ir/c1-20-15-28(25-12-7-11-24(18-25)23-9-5-4-6-10-23)32-29(16-20)26-13-8-14-27(31(26)34-32)30-17-21(2)22(3)19-33-30;1-10-3-6-12(7-4-10)13-8-5-11(2)9-14-13;/h4-13,15-19H,1-3H3;3-6,8-9H,1-2H3;/q2*-1;/i1D3,2D3,3D3;1D3,2D3;. The number of furan rings is 1. The van der Waals surface area contributed by atoms with Crippen LogP contribution in [-0.4, -0.2) is 9.97 Å². The Balaban J connectivity index is 0.000000272. The molecular formula is C45H36IrN2O-2. The van der Waals surface area contributed by atoms with Crippen molar-refractivity contribution in [1.29, 1.82) is 0 Å². The Hall–Kier alpha value is -5.15. The van der Waals surface area contributed by atoms with Gasteiger partial charge in [0.05, 0.1) is 5.58 Å². The first-order valence-corrected chi connectivity index (χ1v) is 15.0. The van der Waals surface area contributed by atoms with Crippen molar-refractivity contribution in [1.82, 2.24) is 9.97 Å². The van der Waals surface area contributed by atoms with Gasteiger partial charge in [-0.1, -0.05) is 90.1 Å².